The van der Waals surface area contributed by atoms with Crippen molar-refractivity contribution >= 4 is 5.97 Å². The van der Waals surface area contributed by atoms with Crippen LogP contribution in [0.15, 0.2) is 54.6 Å². The van der Waals surface area contributed by atoms with Crippen LogP contribution in [0.5, 0.6) is 11.5 Å². The molecule has 3 heteroatoms. The quantitative estimate of drug-likeness (QED) is 0.330. The van der Waals surface area contributed by atoms with E-state index in [2.05, 4.69) is 6.92 Å². The first-order chi connectivity index (χ1) is 12.0. The van der Waals surface area contributed by atoms with Crippen molar-refractivity contribution < 1.29 is 14.3 Å². The molecular weight excluding hydrogens is 312 g/mol. The van der Waals surface area contributed by atoms with Crippen LogP contribution in [0.25, 0.3) is 0 Å². The zero-order valence-corrected chi connectivity index (χ0v) is 15.5. The molecule has 0 aliphatic heterocycles. The van der Waals surface area contributed by atoms with Crippen LogP contribution in [-0.4, -0.2) is 5.97 Å². The van der Waals surface area contributed by atoms with Crippen molar-refractivity contribution in [2.24, 2.45) is 5.41 Å². The Bertz CT molecular complexity index is 645. The Labute approximate surface area is 151 Å². The molecule has 2 rings (SSSR count). The van der Waals surface area contributed by atoms with Crippen molar-refractivity contribution in [3.8, 4) is 11.5 Å². The van der Waals surface area contributed by atoms with E-state index in [9.17, 15) is 4.79 Å². The summed E-state index contributed by atoms with van der Waals surface area (Å²) >= 11 is 0. The fourth-order valence-corrected chi connectivity index (χ4v) is 2.51. The smallest absolute Gasteiger partial charge is 0.316 e. The molecule has 134 valence electrons. The molecule has 0 fully saturated rings. The largest absolute Gasteiger partial charge is 0.489 e. The molecule has 0 saturated heterocycles. The minimum Gasteiger partial charge on any atom is -0.489 e. The molecule has 0 aliphatic carbocycles. The Kier molecular flexibility index (Phi) is 7.05. The van der Waals surface area contributed by atoms with Crippen molar-refractivity contribution in [1.29, 1.82) is 0 Å². The first-order valence-corrected chi connectivity index (χ1v) is 9.00. The highest BCUT2D eigenvalue weighted by Crippen LogP contribution is 2.27. The molecule has 2 aromatic carbocycles. The number of esters is 1. The highest BCUT2D eigenvalue weighted by Gasteiger charge is 2.29. The second kappa shape index (κ2) is 9.26. The molecule has 0 saturated carbocycles. The van der Waals surface area contributed by atoms with E-state index < -0.39 is 5.41 Å². The molecular formula is C22H28O3. The van der Waals surface area contributed by atoms with E-state index in [1.54, 1.807) is 12.1 Å². The van der Waals surface area contributed by atoms with Gasteiger partial charge in [-0.3, -0.25) is 4.79 Å². The number of carbonyl (C=O) groups excluding carboxylic acids is 1. The lowest BCUT2D eigenvalue weighted by Gasteiger charge is -2.22. The summed E-state index contributed by atoms with van der Waals surface area (Å²) in [6.45, 7) is 6.57. The Balaban J connectivity index is 1.86. The van der Waals surface area contributed by atoms with E-state index in [0.29, 0.717) is 12.4 Å². The molecule has 0 aliphatic rings. The lowest BCUT2D eigenvalue weighted by molar-refractivity contribution is -0.144. The number of hydrogen-bond acceptors (Lipinski definition) is 3. The van der Waals surface area contributed by atoms with E-state index in [1.807, 2.05) is 56.3 Å². The maximum atomic E-state index is 12.4. The molecule has 0 heterocycles. The average molecular weight is 340 g/mol. The van der Waals surface area contributed by atoms with Gasteiger partial charge in [-0.2, -0.15) is 0 Å². The molecule has 0 atom stereocenters. The summed E-state index contributed by atoms with van der Waals surface area (Å²) in [6.07, 6.45) is 4.18. The van der Waals surface area contributed by atoms with Gasteiger partial charge in [-0.15, -0.1) is 0 Å². The summed E-state index contributed by atoms with van der Waals surface area (Å²) in [4.78, 5) is 12.4. The van der Waals surface area contributed by atoms with Crippen molar-refractivity contribution in [3.05, 3.63) is 60.2 Å². The highest BCUT2D eigenvalue weighted by molar-refractivity contribution is 5.78. The molecule has 25 heavy (non-hydrogen) atoms. The Morgan fingerprint density at radius 1 is 0.920 bits per heavy atom. The Hall–Kier alpha value is -2.29. The molecule has 0 unspecified atom stereocenters. The van der Waals surface area contributed by atoms with Gasteiger partial charge in [0.15, 0.2) is 0 Å². The fourth-order valence-electron chi connectivity index (χ4n) is 2.51. The van der Waals surface area contributed by atoms with Crippen LogP contribution in [0.1, 0.15) is 52.0 Å². The van der Waals surface area contributed by atoms with Gasteiger partial charge in [-0.05, 0) is 50.1 Å². The van der Waals surface area contributed by atoms with Gasteiger partial charge in [0.2, 0.25) is 0 Å². The first-order valence-electron chi connectivity index (χ1n) is 9.00. The van der Waals surface area contributed by atoms with Gasteiger partial charge in [-0.1, -0.05) is 56.5 Å². The van der Waals surface area contributed by atoms with E-state index in [1.165, 1.54) is 0 Å². The summed E-state index contributed by atoms with van der Waals surface area (Å²) in [5.41, 5.74) is 0.657. The predicted molar refractivity (Wildman–Crippen MR) is 101 cm³/mol. The third kappa shape index (κ3) is 6.26. The van der Waals surface area contributed by atoms with Gasteiger partial charge in [0.25, 0.3) is 0 Å². The molecule has 0 aromatic heterocycles. The Morgan fingerprint density at radius 3 is 2.20 bits per heavy atom. The highest BCUT2D eigenvalue weighted by atomic mass is 16.5. The second-order valence-electron chi connectivity index (χ2n) is 6.98. The molecule has 0 radical (unpaired) electrons. The van der Waals surface area contributed by atoms with E-state index in [0.717, 1.165) is 37.0 Å². The fraction of sp³-hybridized carbons (Fsp3) is 0.409. The summed E-state index contributed by atoms with van der Waals surface area (Å²) in [7, 11) is 0. The van der Waals surface area contributed by atoms with E-state index in [4.69, 9.17) is 9.47 Å². The summed E-state index contributed by atoms with van der Waals surface area (Å²) in [6, 6.07) is 17.2. The molecule has 2 aromatic rings. The van der Waals surface area contributed by atoms with Crippen molar-refractivity contribution in [1.82, 2.24) is 0 Å². The van der Waals surface area contributed by atoms with Crippen LogP contribution in [0, 0.1) is 5.41 Å². The lowest BCUT2D eigenvalue weighted by atomic mass is 9.87. The molecule has 3 nitrogen and oxygen atoms in total. The number of hydrogen-bond donors (Lipinski definition) is 0. The van der Waals surface area contributed by atoms with E-state index in [-0.39, 0.29) is 5.97 Å². The lowest BCUT2D eigenvalue weighted by Crippen LogP contribution is -2.29. The van der Waals surface area contributed by atoms with Crippen molar-refractivity contribution in [3.63, 3.8) is 0 Å². The summed E-state index contributed by atoms with van der Waals surface area (Å²) in [5.74, 6) is 1.13. The van der Waals surface area contributed by atoms with Crippen LogP contribution < -0.4 is 9.47 Å². The standard InChI is InChI=1S/C22H28O3/c1-4-5-9-16-22(2,3)21(23)25-20-14-12-19(13-15-20)24-17-18-10-7-6-8-11-18/h6-8,10-15H,4-5,9,16-17H2,1-3H3. The maximum absolute atomic E-state index is 12.4. The topological polar surface area (TPSA) is 35.5 Å². The van der Waals surface area contributed by atoms with Crippen LogP contribution in [0.2, 0.25) is 0 Å². The van der Waals surface area contributed by atoms with Gasteiger partial charge < -0.3 is 9.47 Å². The first kappa shape index (κ1) is 19.0. The molecule has 0 spiro atoms. The normalized spacial score (nSPS) is 11.2. The van der Waals surface area contributed by atoms with Crippen molar-refractivity contribution in [2.75, 3.05) is 0 Å². The third-order valence-electron chi connectivity index (χ3n) is 4.24. The second-order valence-corrected chi connectivity index (χ2v) is 6.98. The number of unbranched alkanes of at least 4 members (excludes halogenated alkanes) is 2. The zero-order valence-electron chi connectivity index (χ0n) is 15.5. The van der Waals surface area contributed by atoms with Crippen LogP contribution in [0.3, 0.4) is 0 Å². The summed E-state index contributed by atoms with van der Waals surface area (Å²) in [5, 5.41) is 0. The number of ether oxygens (including phenoxy) is 2. The van der Waals surface area contributed by atoms with Crippen molar-refractivity contribution in [2.45, 2.75) is 53.1 Å². The van der Waals surface area contributed by atoms with Crippen LogP contribution in [-0.2, 0) is 11.4 Å². The Morgan fingerprint density at radius 2 is 1.56 bits per heavy atom. The minimum absolute atomic E-state index is 0.179. The van der Waals surface area contributed by atoms with Gasteiger partial charge in [-0.25, -0.2) is 0 Å². The van der Waals surface area contributed by atoms with Crippen LogP contribution in [0.4, 0.5) is 0 Å². The monoisotopic (exact) mass is 340 g/mol. The number of benzene rings is 2. The molecule has 0 N–H and O–H groups in total. The molecule has 0 amide bonds. The predicted octanol–water partition coefficient (Wildman–Crippen LogP) is 5.78. The van der Waals surface area contributed by atoms with Gasteiger partial charge in [0, 0.05) is 0 Å². The zero-order chi connectivity index (χ0) is 18.1. The minimum atomic E-state index is -0.461. The third-order valence-corrected chi connectivity index (χ3v) is 4.24. The van der Waals surface area contributed by atoms with Crippen LogP contribution >= 0.6 is 0 Å². The van der Waals surface area contributed by atoms with Gasteiger partial charge in [0.1, 0.15) is 18.1 Å². The maximum Gasteiger partial charge on any atom is 0.316 e. The van der Waals surface area contributed by atoms with Gasteiger partial charge >= 0.3 is 5.97 Å². The van der Waals surface area contributed by atoms with E-state index >= 15 is 0 Å². The SMILES string of the molecule is CCCCCC(C)(C)C(=O)Oc1ccc(OCc2ccccc2)cc1. The number of carbonyl (C=O) groups is 1. The molecule has 0 bridgehead atoms. The number of rotatable bonds is 9. The summed E-state index contributed by atoms with van der Waals surface area (Å²) < 4.78 is 11.3. The van der Waals surface area contributed by atoms with Gasteiger partial charge in [0.05, 0.1) is 5.41 Å². The average Bonchev–Trinajstić information content (AvgIpc) is 2.62.